The van der Waals surface area contributed by atoms with Crippen molar-refractivity contribution in [1.29, 1.82) is 0 Å². The van der Waals surface area contributed by atoms with Gasteiger partial charge >= 0.3 is 5.97 Å². The fourth-order valence-corrected chi connectivity index (χ4v) is 3.76. The molecule has 0 radical (unpaired) electrons. The highest BCUT2D eigenvalue weighted by Gasteiger charge is 2.38. The van der Waals surface area contributed by atoms with Crippen molar-refractivity contribution in [3.05, 3.63) is 0 Å². The summed E-state index contributed by atoms with van der Waals surface area (Å²) in [6.45, 7) is 0. The topological polar surface area (TPSA) is 78.4 Å². The Balaban J connectivity index is 1.85. The van der Waals surface area contributed by atoms with Gasteiger partial charge in [-0.25, -0.2) is 4.79 Å². The molecule has 3 N–H and O–H groups in total. The van der Waals surface area contributed by atoms with Crippen LogP contribution < -0.4 is 10.6 Å². The fraction of sp³-hybridized carbons (Fsp3) is 0.857. The van der Waals surface area contributed by atoms with E-state index >= 15 is 0 Å². The lowest BCUT2D eigenvalue weighted by Gasteiger charge is -2.24. The van der Waals surface area contributed by atoms with Gasteiger partial charge in [-0.3, -0.25) is 4.79 Å². The molecule has 1 aliphatic heterocycles. The van der Waals surface area contributed by atoms with Gasteiger partial charge in [0, 0.05) is 6.04 Å². The minimum absolute atomic E-state index is 0.145. The quantitative estimate of drug-likeness (QED) is 0.687. The summed E-state index contributed by atoms with van der Waals surface area (Å²) < 4.78 is 0. The molecule has 1 heterocycles. The fourth-order valence-electron chi connectivity index (χ4n) is 3.29. The van der Waals surface area contributed by atoms with Crippen molar-refractivity contribution in [1.82, 2.24) is 10.6 Å². The van der Waals surface area contributed by atoms with Crippen LogP contribution in [0.25, 0.3) is 0 Å². The Morgan fingerprint density at radius 3 is 2.80 bits per heavy atom. The SMILES string of the molecule is CSCC[C@@H](NC(=O)C1CC2CCCCC2N1)C(=O)O. The maximum absolute atomic E-state index is 12.2. The number of hydrogen-bond acceptors (Lipinski definition) is 4. The molecule has 20 heavy (non-hydrogen) atoms. The van der Waals surface area contributed by atoms with Crippen LogP contribution in [0.2, 0.25) is 0 Å². The third kappa shape index (κ3) is 3.88. The van der Waals surface area contributed by atoms with Gasteiger partial charge in [-0.1, -0.05) is 12.8 Å². The van der Waals surface area contributed by atoms with E-state index in [1.807, 2.05) is 6.26 Å². The molecule has 1 saturated carbocycles. The predicted molar refractivity (Wildman–Crippen MR) is 79.9 cm³/mol. The van der Waals surface area contributed by atoms with Crippen LogP contribution in [-0.4, -0.2) is 47.1 Å². The zero-order valence-corrected chi connectivity index (χ0v) is 12.7. The first-order valence-corrected chi connectivity index (χ1v) is 8.79. The highest BCUT2D eigenvalue weighted by Crippen LogP contribution is 2.33. The van der Waals surface area contributed by atoms with Gasteiger partial charge in [0.05, 0.1) is 6.04 Å². The van der Waals surface area contributed by atoms with E-state index in [0.717, 1.165) is 18.6 Å². The van der Waals surface area contributed by atoms with E-state index in [0.29, 0.717) is 18.4 Å². The zero-order valence-electron chi connectivity index (χ0n) is 11.9. The molecule has 2 rings (SSSR count). The number of aliphatic carboxylic acids is 1. The number of carbonyl (C=O) groups is 2. The smallest absolute Gasteiger partial charge is 0.326 e. The van der Waals surface area contributed by atoms with Crippen molar-refractivity contribution in [2.75, 3.05) is 12.0 Å². The first-order chi connectivity index (χ1) is 9.61. The molecule has 0 bridgehead atoms. The van der Waals surface area contributed by atoms with Crippen LogP contribution in [0.4, 0.5) is 0 Å². The summed E-state index contributed by atoms with van der Waals surface area (Å²) >= 11 is 1.59. The van der Waals surface area contributed by atoms with E-state index in [2.05, 4.69) is 10.6 Å². The number of carbonyl (C=O) groups excluding carboxylic acids is 1. The minimum atomic E-state index is -0.942. The standard InChI is InChI=1S/C14H24N2O3S/c1-20-7-6-11(14(18)19)16-13(17)12-8-9-4-2-3-5-10(9)15-12/h9-12,15H,2-8H2,1H3,(H,16,17)(H,18,19)/t9?,10?,11-,12?/m1/s1. The summed E-state index contributed by atoms with van der Waals surface area (Å²) in [6.07, 6.45) is 8.08. The normalized spacial score (nSPS) is 30.6. The molecule has 1 amide bonds. The first kappa shape index (κ1) is 15.6. The van der Waals surface area contributed by atoms with Crippen molar-refractivity contribution in [3.8, 4) is 0 Å². The second kappa shape index (κ2) is 7.31. The molecule has 3 unspecified atom stereocenters. The summed E-state index contributed by atoms with van der Waals surface area (Å²) in [7, 11) is 0. The van der Waals surface area contributed by atoms with Gasteiger partial charge in [-0.05, 0) is 43.6 Å². The Morgan fingerprint density at radius 1 is 1.40 bits per heavy atom. The van der Waals surface area contributed by atoms with Crippen molar-refractivity contribution >= 4 is 23.6 Å². The maximum Gasteiger partial charge on any atom is 0.326 e. The van der Waals surface area contributed by atoms with E-state index < -0.39 is 12.0 Å². The number of carboxylic acid groups (broad SMARTS) is 1. The molecule has 2 aliphatic rings. The van der Waals surface area contributed by atoms with Crippen LogP contribution >= 0.6 is 11.8 Å². The average molecular weight is 300 g/mol. The van der Waals surface area contributed by atoms with Crippen LogP contribution in [-0.2, 0) is 9.59 Å². The molecule has 2 fully saturated rings. The Labute approximate surface area is 124 Å². The third-order valence-electron chi connectivity index (χ3n) is 4.40. The minimum Gasteiger partial charge on any atom is -0.480 e. The second-order valence-electron chi connectivity index (χ2n) is 5.79. The summed E-state index contributed by atoms with van der Waals surface area (Å²) in [5.41, 5.74) is 0. The lowest BCUT2D eigenvalue weighted by atomic mass is 9.85. The van der Waals surface area contributed by atoms with E-state index in [1.54, 1.807) is 11.8 Å². The molecule has 0 spiro atoms. The molecule has 0 aromatic heterocycles. The van der Waals surface area contributed by atoms with Gasteiger partial charge in [0.25, 0.3) is 0 Å². The summed E-state index contributed by atoms with van der Waals surface area (Å²) in [5, 5.41) is 15.2. The van der Waals surface area contributed by atoms with Crippen molar-refractivity contribution in [2.45, 2.75) is 56.7 Å². The van der Waals surface area contributed by atoms with E-state index in [1.165, 1.54) is 19.3 Å². The van der Waals surface area contributed by atoms with Gasteiger partial charge in [-0.2, -0.15) is 11.8 Å². The highest BCUT2D eigenvalue weighted by atomic mass is 32.2. The zero-order chi connectivity index (χ0) is 14.5. The van der Waals surface area contributed by atoms with Crippen LogP contribution in [0, 0.1) is 5.92 Å². The third-order valence-corrected chi connectivity index (χ3v) is 5.05. The van der Waals surface area contributed by atoms with Gasteiger partial charge in [0.2, 0.25) is 5.91 Å². The summed E-state index contributed by atoms with van der Waals surface area (Å²) in [6, 6.07) is -0.521. The largest absolute Gasteiger partial charge is 0.480 e. The van der Waals surface area contributed by atoms with Crippen LogP contribution in [0.1, 0.15) is 38.5 Å². The molecular formula is C14H24N2O3S. The average Bonchev–Trinajstić information content (AvgIpc) is 2.86. The number of thioether (sulfide) groups is 1. The molecule has 1 saturated heterocycles. The lowest BCUT2D eigenvalue weighted by Crippen LogP contribution is -2.49. The van der Waals surface area contributed by atoms with E-state index in [9.17, 15) is 9.59 Å². The summed E-state index contributed by atoms with van der Waals surface area (Å²) in [5.74, 6) is 0.241. The Morgan fingerprint density at radius 2 is 2.15 bits per heavy atom. The first-order valence-electron chi connectivity index (χ1n) is 7.40. The van der Waals surface area contributed by atoms with Gasteiger partial charge in [0.15, 0.2) is 0 Å². The monoisotopic (exact) mass is 300 g/mol. The summed E-state index contributed by atoms with van der Waals surface area (Å²) in [4.78, 5) is 23.4. The Bertz CT molecular complexity index is 350. The van der Waals surface area contributed by atoms with Crippen molar-refractivity contribution in [2.24, 2.45) is 5.92 Å². The lowest BCUT2D eigenvalue weighted by molar-refractivity contribution is -0.142. The molecule has 114 valence electrons. The van der Waals surface area contributed by atoms with Gasteiger partial charge in [0.1, 0.15) is 6.04 Å². The van der Waals surface area contributed by atoms with Gasteiger partial charge in [-0.15, -0.1) is 0 Å². The molecule has 0 aromatic rings. The number of carboxylic acids is 1. The molecule has 1 aliphatic carbocycles. The number of rotatable bonds is 6. The predicted octanol–water partition coefficient (Wildman–Crippen LogP) is 1.23. The Kier molecular flexibility index (Phi) is 5.72. The number of fused-ring (bicyclic) bond motifs is 1. The number of amides is 1. The van der Waals surface area contributed by atoms with E-state index in [-0.39, 0.29) is 11.9 Å². The van der Waals surface area contributed by atoms with Crippen LogP contribution in [0.15, 0.2) is 0 Å². The second-order valence-corrected chi connectivity index (χ2v) is 6.77. The number of nitrogens with one attached hydrogen (secondary N) is 2. The molecule has 0 aromatic carbocycles. The molecule has 5 nitrogen and oxygen atoms in total. The number of hydrogen-bond donors (Lipinski definition) is 3. The molecular weight excluding hydrogens is 276 g/mol. The van der Waals surface area contributed by atoms with Crippen molar-refractivity contribution in [3.63, 3.8) is 0 Å². The Hall–Kier alpha value is -0.750. The maximum atomic E-state index is 12.2. The molecule has 6 heteroatoms. The van der Waals surface area contributed by atoms with Crippen molar-refractivity contribution < 1.29 is 14.7 Å². The van der Waals surface area contributed by atoms with Crippen LogP contribution in [0.5, 0.6) is 0 Å². The highest BCUT2D eigenvalue weighted by molar-refractivity contribution is 7.98. The van der Waals surface area contributed by atoms with Gasteiger partial charge < -0.3 is 15.7 Å². The van der Waals surface area contributed by atoms with Crippen LogP contribution in [0.3, 0.4) is 0 Å². The molecule has 4 atom stereocenters. The van der Waals surface area contributed by atoms with E-state index in [4.69, 9.17) is 5.11 Å².